The Morgan fingerprint density at radius 1 is 1.48 bits per heavy atom. The molecule has 0 fully saturated rings. The Labute approximate surface area is 132 Å². The smallest absolute Gasteiger partial charge is 0.317 e. The first-order valence-corrected chi connectivity index (χ1v) is 7.85. The fourth-order valence-corrected chi connectivity index (χ4v) is 3.28. The Morgan fingerprint density at radius 2 is 2.24 bits per heavy atom. The van der Waals surface area contributed by atoms with E-state index in [1.807, 2.05) is 23.2 Å². The molecule has 0 bridgehead atoms. The maximum atomic E-state index is 11.1. The van der Waals surface area contributed by atoms with Crippen molar-refractivity contribution in [3.63, 3.8) is 0 Å². The van der Waals surface area contributed by atoms with Crippen LogP contribution < -0.4 is 0 Å². The number of carboxylic acids is 1. The lowest BCUT2D eigenvalue weighted by molar-refractivity contribution is -0.138. The molecule has 2 aromatic rings. The summed E-state index contributed by atoms with van der Waals surface area (Å²) < 4.78 is 2.76. The third-order valence-corrected chi connectivity index (χ3v) is 4.25. The third kappa shape index (κ3) is 4.56. The van der Waals surface area contributed by atoms with Gasteiger partial charge in [-0.2, -0.15) is 0 Å². The van der Waals surface area contributed by atoms with Crippen LogP contribution in [-0.2, 0) is 17.9 Å². The average Bonchev–Trinajstić information content (AvgIpc) is 2.97. The molecule has 21 heavy (non-hydrogen) atoms. The van der Waals surface area contributed by atoms with Crippen LogP contribution in [0.15, 0.2) is 24.5 Å². The fraction of sp³-hybridized carbons (Fsp3) is 0.429. The highest BCUT2D eigenvalue weighted by Gasteiger charge is 2.16. The molecule has 2 heterocycles. The van der Waals surface area contributed by atoms with E-state index in [1.165, 1.54) is 11.3 Å². The summed E-state index contributed by atoms with van der Waals surface area (Å²) in [5.74, 6) is 0.0224. The van der Waals surface area contributed by atoms with Crippen molar-refractivity contribution in [2.24, 2.45) is 0 Å². The molecule has 114 valence electrons. The highest BCUT2D eigenvalue weighted by molar-refractivity contribution is 7.16. The predicted octanol–water partition coefficient (Wildman–Crippen LogP) is 3.27. The highest BCUT2D eigenvalue weighted by Crippen LogP contribution is 2.23. The molecule has 0 saturated heterocycles. The predicted molar refractivity (Wildman–Crippen MR) is 83.7 cm³/mol. The number of halogens is 1. The van der Waals surface area contributed by atoms with E-state index in [1.54, 1.807) is 6.20 Å². The van der Waals surface area contributed by atoms with Gasteiger partial charge in [-0.05, 0) is 26.0 Å². The normalized spacial score (nSPS) is 11.5. The van der Waals surface area contributed by atoms with Crippen LogP contribution in [0.5, 0.6) is 0 Å². The largest absolute Gasteiger partial charge is 0.480 e. The molecule has 0 radical (unpaired) electrons. The molecule has 0 unspecified atom stereocenters. The van der Waals surface area contributed by atoms with Crippen molar-refractivity contribution >= 4 is 28.9 Å². The van der Waals surface area contributed by atoms with E-state index in [2.05, 4.69) is 23.4 Å². The van der Waals surface area contributed by atoms with E-state index in [-0.39, 0.29) is 6.54 Å². The lowest BCUT2D eigenvalue weighted by Gasteiger charge is -2.21. The Balaban J connectivity index is 2.12. The Hall–Kier alpha value is -1.37. The molecular weight excluding hydrogens is 310 g/mol. The van der Waals surface area contributed by atoms with Crippen LogP contribution in [0.4, 0.5) is 0 Å². The van der Waals surface area contributed by atoms with E-state index < -0.39 is 5.97 Å². The molecule has 0 aliphatic heterocycles. The number of carbonyl (C=O) groups is 1. The minimum absolute atomic E-state index is 0.0273. The number of nitrogens with zero attached hydrogens (tertiary/aromatic N) is 3. The number of thiophene rings is 1. The van der Waals surface area contributed by atoms with Gasteiger partial charge in [0.25, 0.3) is 0 Å². The van der Waals surface area contributed by atoms with Gasteiger partial charge in [-0.1, -0.05) is 11.6 Å². The quantitative estimate of drug-likeness (QED) is 0.848. The molecule has 0 atom stereocenters. The van der Waals surface area contributed by atoms with Crippen LogP contribution in [0.1, 0.15) is 30.6 Å². The molecule has 0 aliphatic carbocycles. The standard InChI is InChI=1S/C14H18ClN3O2S/c1-10(2)18-6-5-16-13(18)8-17(9-14(19)20)7-11-3-4-12(15)21-11/h3-6,10H,7-9H2,1-2H3,(H,19,20). The van der Waals surface area contributed by atoms with Gasteiger partial charge in [0, 0.05) is 29.9 Å². The zero-order valence-corrected chi connectivity index (χ0v) is 13.6. The van der Waals surface area contributed by atoms with E-state index in [4.69, 9.17) is 16.7 Å². The molecule has 0 saturated carbocycles. The zero-order chi connectivity index (χ0) is 15.4. The molecule has 2 rings (SSSR count). The number of aromatic nitrogens is 2. The summed E-state index contributed by atoms with van der Waals surface area (Å²) in [6, 6.07) is 4.05. The van der Waals surface area contributed by atoms with Crippen LogP contribution in [-0.4, -0.2) is 32.1 Å². The first-order valence-electron chi connectivity index (χ1n) is 6.65. The Bertz CT molecular complexity index is 609. The maximum absolute atomic E-state index is 11.1. The molecular formula is C14H18ClN3O2S. The molecule has 2 aromatic heterocycles. The monoisotopic (exact) mass is 327 g/mol. The van der Waals surface area contributed by atoms with Crippen molar-refractivity contribution in [2.45, 2.75) is 33.0 Å². The van der Waals surface area contributed by atoms with Crippen molar-refractivity contribution < 1.29 is 9.90 Å². The first-order chi connectivity index (χ1) is 9.95. The van der Waals surface area contributed by atoms with Crippen molar-refractivity contribution in [3.05, 3.63) is 39.6 Å². The van der Waals surface area contributed by atoms with Gasteiger partial charge in [0.05, 0.1) is 17.4 Å². The average molecular weight is 328 g/mol. The number of imidazole rings is 1. The van der Waals surface area contributed by atoms with Gasteiger partial charge in [0.1, 0.15) is 5.82 Å². The summed E-state index contributed by atoms with van der Waals surface area (Å²) in [4.78, 5) is 18.3. The molecule has 1 N–H and O–H groups in total. The summed E-state index contributed by atoms with van der Waals surface area (Å²) in [5, 5.41) is 9.08. The van der Waals surface area contributed by atoms with E-state index in [0.29, 0.717) is 23.5 Å². The summed E-state index contributed by atoms with van der Waals surface area (Å²) in [5.41, 5.74) is 0. The van der Waals surface area contributed by atoms with Crippen LogP contribution >= 0.6 is 22.9 Å². The second-order valence-electron chi connectivity index (χ2n) is 5.09. The van der Waals surface area contributed by atoms with Crippen molar-refractivity contribution in [2.75, 3.05) is 6.54 Å². The number of rotatable bonds is 7. The van der Waals surface area contributed by atoms with Gasteiger partial charge < -0.3 is 9.67 Å². The minimum Gasteiger partial charge on any atom is -0.480 e. The highest BCUT2D eigenvalue weighted by atomic mass is 35.5. The topological polar surface area (TPSA) is 58.4 Å². The maximum Gasteiger partial charge on any atom is 0.317 e. The Morgan fingerprint density at radius 3 is 2.81 bits per heavy atom. The number of hydrogen-bond acceptors (Lipinski definition) is 4. The van der Waals surface area contributed by atoms with E-state index >= 15 is 0 Å². The molecule has 0 aliphatic rings. The zero-order valence-electron chi connectivity index (χ0n) is 12.0. The number of hydrogen-bond donors (Lipinski definition) is 1. The van der Waals surface area contributed by atoms with Gasteiger partial charge in [-0.25, -0.2) is 4.98 Å². The van der Waals surface area contributed by atoms with Gasteiger partial charge in [-0.15, -0.1) is 11.3 Å². The fourth-order valence-electron chi connectivity index (χ4n) is 2.15. The van der Waals surface area contributed by atoms with Crippen LogP contribution in [0.2, 0.25) is 4.34 Å². The van der Waals surface area contributed by atoms with Crippen LogP contribution in [0.3, 0.4) is 0 Å². The van der Waals surface area contributed by atoms with Gasteiger partial charge >= 0.3 is 5.97 Å². The van der Waals surface area contributed by atoms with Crippen molar-refractivity contribution in [1.82, 2.24) is 14.5 Å². The SMILES string of the molecule is CC(C)n1ccnc1CN(CC(=O)O)Cc1ccc(Cl)s1. The van der Waals surface area contributed by atoms with Crippen molar-refractivity contribution in [3.8, 4) is 0 Å². The van der Waals surface area contributed by atoms with E-state index in [0.717, 1.165) is 10.7 Å². The summed E-state index contributed by atoms with van der Waals surface area (Å²) in [6.07, 6.45) is 3.66. The lowest BCUT2D eigenvalue weighted by Crippen LogP contribution is -2.30. The van der Waals surface area contributed by atoms with E-state index in [9.17, 15) is 4.79 Å². The second kappa shape index (κ2) is 7.06. The number of carboxylic acid groups (broad SMARTS) is 1. The third-order valence-electron chi connectivity index (χ3n) is 3.04. The van der Waals surface area contributed by atoms with Gasteiger partial charge in [-0.3, -0.25) is 9.69 Å². The van der Waals surface area contributed by atoms with Gasteiger partial charge in [0.2, 0.25) is 0 Å². The second-order valence-corrected chi connectivity index (χ2v) is 6.89. The first kappa shape index (κ1) is 16.0. The molecule has 5 nitrogen and oxygen atoms in total. The van der Waals surface area contributed by atoms with Gasteiger partial charge in [0.15, 0.2) is 0 Å². The molecule has 7 heteroatoms. The number of aliphatic carboxylic acids is 1. The van der Waals surface area contributed by atoms with Crippen molar-refractivity contribution in [1.29, 1.82) is 0 Å². The molecule has 0 spiro atoms. The summed E-state index contributed by atoms with van der Waals surface area (Å²) in [6.45, 7) is 5.17. The summed E-state index contributed by atoms with van der Waals surface area (Å²) in [7, 11) is 0. The molecule has 0 amide bonds. The summed E-state index contributed by atoms with van der Waals surface area (Å²) >= 11 is 7.40. The molecule has 0 aromatic carbocycles. The lowest BCUT2D eigenvalue weighted by atomic mass is 10.3. The van der Waals surface area contributed by atoms with Crippen LogP contribution in [0, 0.1) is 0 Å². The van der Waals surface area contributed by atoms with Crippen LogP contribution in [0.25, 0.3) is 0 Å². The minimum atomic E-state index is -0.847. The Kier molecular flexibility index (Phi) is 5.39.